The number of nitrogens with one attached hydrogen (secondary N) is 2. The van der Waals surface area contributed by atoms with Crippen LogP contribution in [0.3, 0.4) is 0 Å². The van der Waals surface area contributed by atoms with Gasteiger partial charge in [-0.3, -0.25) is 18.8 Å². The third-order valence-corrected chi connectivity index (χ3v) is 8.27. The summed E-state index contributed by atoms with van der Waals surface area (Å²) >= 11 is 0. The number of aromatic nitrogens is 2. The van der Waals surface area contributed by atoms with Crippen molar-refractivity contribution in [1.82, 2.24) is 29.8 Å². The van der Waals surface area contributed by atoms with Crippen molar-refractivity contribution in [2.24, 2.45) is 11.8 Å². The first-order chi connectivity index (χ1) is 17.6. The summed E-state index contributed by atoms with van der Waals surface area (Å²) in [6, 6.07) is 4.72. The lowest BCUT2D eigenvalue weighted by Crippen LogP contribution is -2.46. The summed E-state index contributed by atoms with van der Waals surface area (Å²) in [5.74, 6) is 0.567. The van der Waals surface area contributed by atoms with E-state index in [2.05, 4.69) is 21.8 Å². The van der Waals surface area contributed by atoms with Gasteiger partial charge in [0.05, 0.1) is 11.0 Å². The van der Waals surface area contributed by atoms with E-state index in [0.717, 1.165) is 63.7 Å². The molecule has 2 aromatic rings. The smallest absolute Gasteiger partial charge is 0.329 e. The second kappa shape index (κ2) is 9.76. The number of piperidine rings is 2. The highest BCUT2D eigenvalue weighted by Crippen LogP contribution is 2.33. The van der Waals surface area contributed by atoms with Crippen molar-refractivity contribution in [1.29, 1.82) is 0 Å². The number of hydrazine groups is 1. The molecule has 1 aliphatic carbocycles. The lowest BCUT2D eigenvalue weighted by atomic mass is 9.93. The van der Waals surface area contributed by atoms with Crippen molar-refractivity contribution in [3.8, 4) is 0 Å². The van der Waals surface area contributed by atoms with Crippen LogP contribution >= 0.6 is 0 Å². The average Bonchev–Trinajstić information content (AvgIpc) is 3.69. The molecule has 0 spiro atoms. The molecule has 6 rings (SSSR count). The number of benzene rings is 1. The molecule has 1 aromatic heterocycles. The van der Waals surface area contributed by atoms with Crippen molar-refractivity contribution in [2.75, 3.05) is 32.7 Å². The molecule has 36 heavy (non-hydrogen) atoms. The Kier molecular flexibility index (Phi) is 6.33. The van der Waals surface area contributed by atoms with Gasteiger partial charge in [0.25, 0.3) is 0 Å². The maximum absolute atomic E-state index is 14.0. The normalized spacial score (nSPS) is 21.9. The lowest BCUT2D eigenvalue weighted by Gasteiger charge is -2.37. The highest BCUT2D eigenvalue weighted by Gasteiger charge is 2.33. The fourth-order valence-corrected chi connectivity index (χ4v) is 6.02. The molecule has 4 aliphatic rings. The molecule has 2 saturated heterocycles. The number of imidazole rings is 1. The molecule has 0 unspecified atom stereocenters. The minimum Gasteiger partial charge on any atom is -0.342 e. The summed E-state index contributed by atoms with van der Waals surface area (Å²) in [6.07, 6.45) is 11.5. The van der Waals surface area contributed by atoms with Gasteiger partial charge in [-0.15, -0.1) is 0 Å². The molecule has 0 radical (unpaired) electrons. The van der Waals surface area contributed by atoms with Gasteiger partial charge in [-0.05, 0) is 87.4 Å². The lowest BCUT2D eigenvalue weighted by molar-refractivity contribution is -0.138. The van der Waals surface area contributed by atoms with Crippen molar-refractivity contribution in [3.63, 3.8) is 0 Å². The molecule has 1 saturated carbocycles. The summed E-state index contributed by atoms with van der Waals surface area (Å²) in [7, 11) is 0. The van der Waals surface area contributed by atoms with Crippen molar-refractivity contribution in [2.45, 2.75) is 51.1 Å². The number of carbonyl (C=O) groups excluding carboxylic acids is 1. The quantitative estimate of drug-likeness (QED) is 0.646. The van der Waals surface area contributed by atoms with Crippen LogP contribution in [0.25, 0.3) is 11.0 Å². The molecule has 3 fully saturated rings. The van der Waals surface area contributed by atoms with Crippen LogP contribution < -0.4 is 16.5 Å². The Morgan fingerprint density at radius 3 is 2.44 bits per heavy atom. The number of fused-ring (bicyclic) bond motifs is 1. The average molecular weight is 495 g/mol. The van der Waals surface area contributed by atoms with Gasteiger partial charge in [-0.25, -0.2) is 9.18 Å². The third-order valence-electron chi connectivity index (χ3n) is 8.27. The highest BCUT2D eigenvalue weighted by molar-refractivity contribution is 5.79. The van der Waals surface area contributed by atoms with E-state index in [1.54, 1.807) is 10.6 Å². The summed E-state index contributed by atoms with van der Waals surface area (Å²) in [4.78, 5) is 31.1. The Labute approximate surface area is 210 Å². The van der Waals surface area contributed by atoms with Crippen LogP contribution in [-0.4, -0.2) is 57.6 Å². The van der Waals surface area contributed by atoms with E-state index < -0.39 is 0 Å². The van der Waals surface area contributed by atoms with E-state index in [-0.39, 0.29) is 29.4 Å². The Hall–Kier alpha value is -3.07. The molecular weight excluding hydrogens is 459 g/mol. The minimum atomic E-state index is -0.309. The number of hydrogen-bond donors (Lipinski definition) is 2. The van der Waals surface area contributed by atoms with Crippen molar-refractivity contribution in [3.05, 3.63) is 58.5 Å². The third kappa shape index (κ3) is 4.68. The molecule has 3 aliphatic heterocycles. The molecule has 0 bridgehead atoms. The van der Waals surface area contributed by atoms with E-state index in [9.17, 15) is 14.0 Å². The molecule has 4 heterocycles. The number of likely N-dealkylation sites (tertiary alicyclic amines) is 2. The van der Waals surface area contributed by atoms with Crippen LogP contribution in [0.2, 0.25) is 0 Å². The maximum atomic E-state index is 14.0. The predicted molar refractivity (Wildman–Crippen MR) is 136 cm³/mol. The predicted octanol–water partition coefficient (Wildman–Crippen LogP) is 2.73. The number of nitrogens with zero attached hydrogens (tertiary/aromatic N) is 4. The van der Waals surface area contributed by atoms with E-state index in [0.29, 0.717) is 31.1 Å². The Bertz CT molecular complexity index is 1240. The topological polar surface area (TPSA) is 74.5 Å². The molecule has 2 N–H and O–H groups in total. The molecular formula is C27H35FN6O2. The number of rotatable bonds is 6. The molecule has 9 heteroatoms. The fraction of sp³-hybridized carbons (Fsp3) is 0.556. The highest BCUT2D eigenvalue weighted by atomic mass is 19.1. The SMILES string of the molecule is O=C(C1CCN(CC2=CNNC=C2)CC1)N1CCC(n2c(=O)n(CC3CC3)c3cc(F)ccc32)CC1. The Morgan fingerprint density at radius 2 is 1.75 bits per heavy atom. The first kappa shape index (κ1) is 23.3. The molecule has 8 nitrogen and oxygen atoms in total. The Morgan fingerprint density at radius 1 is 0.972 bits per heavy atom. The zero-order valence-corrected chi connectivity index (χ0v) is 20.7. The largest absolute Gasteiger partial charge is 0.342 e. The number of halogens is 1. The maximum Gasteiger partial charge on any atom is 0.329 e. The molecule has 1 amide bonds. The Balaban J connectivity index is 1.08. The van der Waals surface area contributed by atoms with Crippen LogP contribution in [-0.2, 0) is 11.3 Å². The van der Waals surface area contributed by atoms with Gasteiger partial charge in [0, 0.05) is 50.5 Å². The summed E-state index contributed by atoms with van der Waals surface area (Å²) in [5.41, 5.74) is 8.66. The first-order valence-electron chi connectivity index (χ1n) is 13.3. The van der Waals surface area contributed by atoms with E-state index in [4.69, 9.17) is 0 Å². The van der Waals surface area contributed by atoms with Crippen molar-refractivity contribution < 1.29 is 9.18 Å². The van der Waals surface area contributed by atoms with Crippen LogP contribution in [0.4, 0.5) is 4.39 Å². The number of amides is 1. The monoisotopic (exact) mass is 494 g/mol. The number of hydrogen-bond acceptors (Lipinski definition) is 5. The van der Waals surface area contributed by atoms with E-state index in [1.165, 1.54) is 17.7 Å². The van der Waals surface area contributed by atoms with Gasteiger partial charge in [0.2, 0.25) is 5.91 Å². The van der Waals surface area contributed by atoms with Crippen LogP contribution in [0.1, 0.15) is 44.6 Å². The van der Waals surface area contributed by atoms with Gasteiger partial charge in [0.1, 0.15) is 5.82 Å². The standard InChI is InChI=1S/C27H35FN6O2/c28-22-3-4-24-25(15-22)33(18-19-1-2-19)27(36)34(24)23-8-13-32(14-9-23)26(35)21-6-11-31(12-7-21)17-20-5-10-29-30-16-20/h3-5,10,15-16,19,21,23,29-30H,1-2,6-9,11-14,17-18H2. The summed E-state index contributed by atoms with van der Waals surface area (Å²) < 4.78 is 17.7. The zero-order chi connectivity index (χ0) is 24.6. The van der Waals surface area contributed by atoms with Crippen LogP contribution in [0.5, 0.6) is 0 Å². The van der Waals surface area contributed by atoms with Crippen LogP contribution in [0, 0.1) is 17.7 Å². The van der Waals surface area contributed by atoms with Gasteiger partial charge >= 0.3 is 5.69 Å². The second-order valence-corrected chi connectivity index (χ2v) is 10.8. The van der Waals surface area contributed by atoms with Gasteiger partial charge in [0.15, 0.2) is 0 Å². The summed E-state index contributed by atoms with van der Waals surface area (Å²) in [6.45, 7) is 4.76. The number of carbonyl (C=O) groups is 1. The van der Waals surface area contributed by atoms with E-state index >= 15 is 0 Å². The first-order valence-corrected chi connectivity index (χ1v) is 13.3. The van der Waals surface area contributed by atoms with Gasteiger partial charge < -0.3 is 15.8 Å². The fourth-order valence-electron chi connectivity index (χ4n) is 6.02. The minimum absolute atomic E-state index is 0.0337. The van der Waals surface area contributed by atoms with Gasteiger partial charge in [-0.1, -0.05) is 0 Å². The molecule has 0 atom stereocenters. The van der Waals surface area contributed by atoms with Crippen LogP contribution in [0.15, 0.2) is 47.0 Å². The van der Waals surface area contributed by atoms with Crippen molar-refractivity contribution >= 4 is 16.9 Å². The summed E-state index contributed by atoms with van der Waals surface area (Å²) in [5, 5.41) is 0. The van der Waals surface area contributed by atoms with Gasteiger partial charge in [-0.2, -0.15) is 0 Å². The van der Waals surface area contributed by atoms with E-state index in [1.807, 2.05) is 21.9 Å². The second-order valence-electron chi connectivity index (χ2n) is 10.8. The molecule has 192 valence electrons. The molecule has 1 aromatic carbocycles. The zero-order valence-electron chi connectivity index (χ0n) is 20.7.